The molecular formula is C15H18N2O4. The third-order valence-electron chi connectivity index (χ3n) is 3.57. The molecule has 0 radical (unpaired) electrons. The molecule has 21 heavy (non-hydrogen) atoms. The third kappa shape index (κ3) is 3.39. The van der Waals surface area contributed by atoms with E-state index in [2.05, 4.69) is 5.32 Å². The number of benzene rings is 1. The first-order valence-electron chi connectivity index (χ1n) is 6.90. The topological polar surface area (TPSA) is 86.7 Å². The fourth-order valence-electron chi connectivity index (χ4n) is 2.47. The molecule has 0 saturated carbocycles. The van der Waals surface area contributed by atoms with E-state index < -0.39 is 18.1 Å². The van der Waals surface area contributed by atoms with Crippen LogP contribution in [0.5, 0.6) is 0 Å². The molecule has 0 unspecified atom stereocenters. The second-order valence-corrected chi connectivity index (χ2v) is 5.09. The first kappa shape index (κ1) is 15.0. The number of carboxylic acid groups (broad SMARTS) is 1. The SMILES string of the molecule is C[C@H](NC(=O)c1ccccc1)C(=O)N1CCC[C@H]1C(=O)O. The Hall–Kier alpha value is -2.37. The molecule has 0 bridgehead atoms. The molecule has 1 heterocycles. The first-order valence-corrected chi connectivity index (χ1v) is 6.90. The number of amides is 2. The van der Waals surface area contributed by atoms with Gasteiger partial charge in [-0.3, -0.25) is 9.59 Å². The van der Waals surface area contributed by atoms with E-state index in [0.717, 1.165) is 0 Å². The Morgan fingerprint density at radius 2 is 1.95 bits per heavy atom. The number of likely N-dealkylation sites (tertiary alicyclic amines) is 1. The molecule has 1 aromatic carbocycles. The summed E-state index contributed by atoms with van der Waals surface area (Å²) in [5, 5.41) is 11.7. The molecule has 0 aromatic heterocycles. The lowest BCUT2D eigenvalue weighted by Crippen LogP contribution is -2.50. The summed E-state index contributed by atoms with van der Waals surface area (Å²) in [5.41, 5.74) is 0.466. The van der Waals surface area contributed by atoms with Crippen LogP contribution >= 0.6 is 0 Å². The maximum Gasteiger partial charge on any atom is 0.326 e. The van der Waals surface area contributed by atoms with Gasteiger partial charge in [-0.05, 0) is 31.9 Å². The van der Waals surface area contributed by atoms with Crippen molar-refractivity contribution in [1.82, 2.24) is 10.2 Å². The molecule has 2 N–H and O–H groups in total. The standard InChI is InChI=1S/C15H18N2O4/c1-10(16-13(18)11-6-3-2-4-7-11)14(19)17-9-5-8-12(17)15(20)21/h2-4,6-7,10,12H,5,8-9H2,1H3,(H,16,18)(H,20,21)/t10-,12-/m0/s1. The highest BCUT2D eigenvalue weighted by Gasteiger charge is 2.36. The predicted molar refractivity (Wildman–Crippen MR) is 75.7 cm³/mol. The van der Waals surface area contributed by atoms with E-state index >= 15 is 0 Å². The van der Waals surface area contributed by atoms with E-state index in [1.807, 2.05) is 0 Å². The van der Waals surface area contributed by atoms with Gasteiger partial charge in [-0.1, -0.05) is 18.2 Å². The molecule has 112 valence electrons. The van der Waals surface area contributed by atoms with Crippen LogP contribution in [0.3, 0.4) is 0 Å². The molecule has 0 spiro atoms. The monoisotopic (exact) mass is 290 g/mol. The molecule has 1 aromatic rings. The van der Waals surface area contributed by atoms with Crippen molar-refractivity contribution in [3.05, 3.63) is 35.9 Å². The maximum atomic E-state index is 12.3. The van der Waals surface area contributed by atoms with Gasteiger partial charge in [0.15, 0.2) is 0 Å². The van der Waals surface area contributed by atoms with Crippen molar-refractivity contribution in [1.29, 1.82) is 0 Å². The van der Waals surface area contributed by atoms with Gasteiger partial charge in [-0.15, -0.1) is 0 Å². The summed E-state index contributed by atoms with van der Waals surface area (Å²) in [5.74, 6) is -1.70. The zero-order valence-electron chi connectivity index (χ0n) is 11.8. The molecule has 1 aliphatic heterocycles. The Labute approximate surface area is 122 Å². The van der Waals surface area contributed by atoms with Crippen LogP contribution in [0.1, 0.15) is 30.1 Å². The number of carbonyl (C=O) groups excluding carboxylic acids is 2. The predicted octanol–water partition coefficient (Wildman–Crippen LogP) is 0.881. The minimum Gasteiger partial charge on any atom is -0.480 e. The highest BCUT2D eigenvalue weighted by molar-refractivity contribution is 5.98. The summed E-state index contributed by atoms with van der Waals surface area (Å²) in [6.45, 7) is 1.99. The van der Waals surface area contributed by atoms with E-state index in [9.17, 15) is 14.4 Å². The summed E-state index contributed by atoms with van der Waals surface area (Å²) in [7, 11) is 0. The van der Waals surface area contributed by atoms with E-state index in [1.54, 1.807) is 37.3 Å². The normalized spacial score (nSPS) is 19.1. The number of carboxylic acids is 1. The Morgan fingerprint density at radius 1 is 1.29 bits per heavy atom. The van der Waals surface area contributed by atoms with Gasteiger partial charge in [-0.25, -0.2) is 4.79 Å². The summed E-state index contributed by atoms with van der Waals surface area (Å²) in [6, 6.07) is 7.05. The zero-order chi connectivity index (χ0) is 15.4. The highest BCUT2D eigenvalue weighted by Crippen LogP contribution is 2.18. The Bertz CT molecular complexity index is 544. The van der Waals surface area contributed by atoms with Crippen molar-refractivity contribution < 1.29 is 19.5 Å². The van der Waals surface area contributed by atoms with Gasteiger partial charge in [0.1, 0.15) is 12.1 Å². The van der Waals surface area contributed by atoms with E-state index in [0.29, 0.717) is 24.9 Å². The smallest absolute Gasteiger partial charge is 0.326 e. The molecule has 2 atom stereocenters. The quantitative estimate of drug-likeness (QED) is 0.862. The zero-order valence-corrected chi connectivity index (χ0v) is 11.8. The van der Waals surface area contributed by atoms with E-state index in [-0.39, 0.29) is 11.8 Å². The summed E-state index contributed by atoms with van der Waals surface area (Å²) in [6.07, 6.45) is 1.13. The Kier molecular flexibility index (Phi) is 4.57. The first-order chi connectivity index (χ1) is 10.0. The molecule has 2 amide bonds. The molecule has 0 aliphatic carbocycles. The van der Waals surface area contributed by atoms with Crippen LogP contribution < -0.4 is 5.32 Å². The fourth-order valence-corrected chi connectivity index (χ4v) is 2.47. The summed E-state index contributed by atoms with van der Waals surface area (Å²) in [4.78, 5) is 36.7. The van der Waals surface area contributed by atoms with Gasteiger partial charge >= 0.3 is 5.97 Å². The van der Waals surface area contributed by atoms with Crippen molar-refractivity contribution in [2.24, 2.45) is 0 Å². The van der Waals surface area contributed by atoms with Crippen LogP contribution in [0.15, 0.2) is 30.3 Å². The van der Waals surface area contributed by atoms with E-state index in [1.165, 1.54) is 4.90 Å². The van der Waals surface area contributed by atoms with Crippen LogP contribution in [0.2, 0.25) is 0 Å². The van der Waals surface area contributed by atoms with Gasteiger partial charge in [0.05, 0.1) is 0 Å². The second kappa shape index (κ2) is 6.39. The number of nitrogens with one attached hydrogen (secondary N) is 1. The largest absolute Gasteiger partial charge is 0.480 e. The van der Waals surface area contributed by atoms with Crippen molar-refractivity contribution in [3.63, 3.8) is 0 Å². The highest BCUT2D eigenvalue weighted by atomic mass is 16.4. The Balaban J connectivity index is 2.00. The third-order valence-corrected chi connectivity index (χ3v) is 3.57. The average Bonchev–Trinajstić information content (AvgIpc) is 2.96. The van der Waals surface area contributed by atoms with Gasteiger partial charge in [0.25, 0.3) is 5.91 Å². The minimum absolute atomic E-state index is 0.345. The number of hydrogen-bond acceptors (Lipinski definition) is 3. The van der Waals surface area contributed by atoms with Crippen molar-refractivity contribution in [2.75, 3.05) is 6.54 Å². The lowest BCUT2D eigenvalue weighted by molar-refractivity contribution is -0.148. The summed E-state index contributed by atoms with van der Waals surface area (Å²) < 4.78 is 0. The van der Waals surface area contributed by atoms with Crippen LogP contribution in [0, 0.1) is 0 Å². The van der Waals surface area contributed by atoms with Crippen molar-refractivity contribution in [3.8, 4) is 0 Å². The molecular weight excluding hydrogens is 272 g/mol. The molecule has 1 aliphatic rings. The van der Waals surface area contributed by atoms with Crippen LogP contribution in [-0.4, -0.2) is 46.4 Å². The average molecular weight is 290 g/mol. The summed E-state index contributed by atoms with van der Waals surface area (Å²) >= 11 is 0. The fraction of sp³-hybridized carbons (Fsp3) is 0.400. The van der Waals surface area contributed by atoms with Gasteiger partial charge in [0.2, 0.25) is 5.91 Å². The Morgan fingerprint density at radius 3 is 2.57 bits per heavy atom. The van der Waals surface area contributed by atoms with Crippen molar-refractivity contribution >= 4 is 17.8 Å². The molecule has 6 nitrogen and oxygen atoms in total. The van der Waals surface area contributed by atoms with Gasteiger partial charge in [0, 0.05) is 12.1 Å². The molecule has 2 rings (SSSR count). The van der Waals surface area contributed by atoms with E-state index in [4.69, 9.17) is 5.11 Å². The van der Waals surface area contributed by atoms with Crippen molar-refractivity contribution in [2.45, 2.75) is 31.8 Å². The number of aliphatic carboxylic acids is 1. The maximum absolute atomic E-state index is 12.3. The minimum atomic E-state index is -0.998. The number of hydrogen-bond donors (Lipinski definition) is 2. The molecule has 6 heteroatoms. The van der Waals surface area contributed by atoms with Crippen LogP contribution in [0.4, 0.5) is 0 Å². The lowest BCUT2D eigenvalue weighted by Gasteiger charge is -2.25. The molecule has 1 fully saturated rings. The van der Waals surface area contributed by atoms with Gasteiger partial charge < -0.3 is 15.3 Å². The van der Waals surface area contributed by atoms with Crippen LogP contribution in [0.25, 0.3) is 0 Å². The second-order valence-electron chi connectivity index (χ2n) is 5.09. The van der Waals surface area contributed by atoms with Crippen LogP contribution in [-0.2, 0) is 9.59 Å². The van der Waals surface area contributed by atoms with Gasteiger partial charge in [-0.2, -0.15) is 0 Å². The number of nitrogens with zero attached hydrogens (tertiary/aromatic N) is 1. The lowest BCUT2D eigenvalue weighted by atomic mass is 10.2. The number of rotatable bonds is 4. The number of carbonyl (C=O) groups is 3. The molecule has 1 saturated heterocycles.